The van der Waals surface area contributed by atoms with E-state index in [9.17, 15) is 0 Å². The lowest BCUT2D eigenvalue weighted by molar-refractivity contribution is -0.161. The van der Waals surface area contributed by atoms with Gasteiger partial charge in [-0.15, -0.1) is 0 Å². The van der Waals surface area contributed by atoms with Crippen molar-refractivity contribution >= 4 is 0 Å². The molecule has 0 amide bonds. The normalized spacial score (nSPS) is 37.3. The molecule has 3 rings (SSSR count). The number of ether oxygens (including phenoxy) is 1. The van der Waals surface area contributed by atoms with Gasteiger partial charge in [0.1, 0.15) is 0 Å². The SMILES string of the molecule is C1CCC(C2(C3CCCN3)COC2)C1. The van der Waals surface area contributed by atoms with E-state index in [0.29, 0.717) is 5.41 Å². The van der Waals surface area contributed by atoms with Crippen molar-refractivity contribution in [3.8, 4) is 0 Å². The molecule has 0 bridgehead atoms. The third-order valence-electron chi connectivity index (χ3n) is 4.66. The zero-order valence-corrected chi connectivity index (χ0v) is 8.93. The number of rotatable bonds is 2. The van der Waals surface area contributed by atoms with Crippen molar-refractivity contribution in [3.05, 3.63) is 0 Å². The zero-order valence-electron chi connectivity index (χ0n) is 8.93. The smallest absolute Gasteiger partial charge is 0.0562 e. The van der Waals surface area contributed by atoms with E-state index >= 15 is 0 Å². The van der Waals surface area contributed by atoms with Gasteiger partial charge in [-0.05, 0) is 38.1 Å². The highest BCUT2D eigenvalue weighted by Gasteiger charge is 2.52. The summed E-state index contributed by atoms with van der Waals surface area (Å²) in [6.07, 6.45) is 8.60. The predicted octanol–water partition coefficient (Wildman–Crippen LogP) is 1.95. The maximum absolute atomic E-state index is 5.52. The molecule has 2 nitrogen and oxygen atoms in total. The van der Waals surface area contributed by atoms with Crippen LogP contribution in [0.1, 0.15) is 38.5 Å². The molecule has 1 unspecified atom stereocenters. The summed E-state index contributed by atoms with van der Waals surface area (Å²) < 4.78 is 5.52. The van der Waals surface area contributed by atoms with E-state index in [1.165, 1.54) is 45.1 Å². The third-order valence-corrected chi connectivity index (χ3v) is 4.66. The Morgan fingerprint density at radius 2 is 1.79 bits per heavy atom. The Bertz CT molecular complexity index is 182. The van der Waals surface area contributed by atoms with Gasteiger partial charge in [-0.1, -0.05) is 12.8 Å². The highest BCUT2D eigenvalue weighted by Crippen LogP contribution is 2.48. The molecule has 1 N–H and O–H groups in total. The first-order valence-electron chi connectivity index (χ1n) is 6.23. The second-order valence-electron chi connectivity index (χ2n) is 5.36. The molecule has 0 aromatic carbocycles. The Labute approximate surface area is 86.4 Å². The molecule has 0 spiro atoms. The Morgan fingerprint density at radius 3 is 2.29 bits per heavy atom. The van der Waals surface area contributed by atoms with E-state index in [1.54, 1.807) is 0 Å². The quantitative estimate of drug-likeness (QED) is 0.727. The van der Waals surface area contributed by atoms with Gasteiger partial charge in [0, 0.05) is 11.5 Å². The predicted molar refractivity (Wildman–Crippen MR) is 56.2 cm³/mol. The maximum atomic E-state index is 5.52. The lowest BCUT2D eigenvalue weighted by Gasteiger charge is -2.50. The molecular formula is C12H21NO. The summed E-state index contributed by atoms with van der Waals surface area (Å²) in [5.74, 6) is 0.965. The molecule has 0 aromatic rings. The van der Waals surface area contributed by atoms with E-state index < -0.39 is 0 Å². The van der Waals surface area contributed by atoms with Crippen molar-refractivity contribution in [1.82, 2.24) is 5.32 Å². The lowest BCUT2D eigenvalue weighted by atomic mass is 9.67. The maximum Gasteiger partial charge on any atom is 0.0562 e. The average Bonchev–Trinajstić information content (AvgIpc) is 2.71. The largest absolute Gasteiger partial charge is 0.380 e. The summed E-state index contributed by atoms with van der Waals surface area (Å²) in [5.41, 5.74) is 0.549. The first-order chi connectivity index (χ1) is 6.92. The van der Waals surface area contributed by atoms with Crippen LogP contribution in [0.3, 0.4) is 0 Å². The molecule has 2 heterocycles. The van der Waals surface area contributed by atoms with Crippen LogP contribution in [0.4, 0.5) is 0 Å². The minimum Gasteiger partial charge on any atom is -0.380 e. The van der Waals surface area contributed by atoms with E-state index in [-0.39, 0.29) is 0 Å². The van der Waals surface area contributed by atoms with Gasteiger partial charge in [0.05, 0.1) is 13.2 Å². The lowest BCUT2D eigenvalue weighted by Crippen LogP contribution is -2.58. The molecular weight excluding hydrogens is 174 g/mol. The van der Waals surface area contributed by atoms with Crippen molar-refractivity contribution in [1.29, 1.82) is 0 Å². The van der Waals surface area contributed by atoms with Gasteiger partial charge in [-0.3, -0.25) is 0 Å². The zero-order chi connectivity index (χ0) is 9.43. The fourth-order valence-electron chi connectivity index (χ4n) is 3.74. The summed E-state index contributed by atoms with van der Waals surface area (Å²) in [7, 11) is 0. The number of nitrogens with one attached hydrogen (secondary N) is 1. The van der Waals surface area contributed by atoms with E-state index in [1.807, 2.05) is 0 Å². The molecule has 1 saturated carbocycles. The molecule has 2 saturated heterocycles. The van der Waals surface area contributed by atoms with E-state index in [0.717, 1.165) is 25.2 Å². The standard InChI is InChI=1S/C12H21NO/c1-2-5-10(4-1)12(8-14-9-12)11-6-3-7-13-11/h10-11,13H,1-9H2. The van der Waals surface area contributed by atoms with Crippen LogP contribution in [0.2, 0.25) is 0 Å². The average molecular weight is 195 g/mol. The van der Waals surface area contributed by atoms with Gasteiger partial charge in [-0.25, -0.2) is 0 Å². The van der Waals surface area contributed by atoms with Gasteiger partial charge < -0.3 is 10.1 Å². The third kappa shape index (κ3) is 1.24. The molecule has 3 fully saturated rings. The number of hydrogen-bond donors (Lipinski definition) is 1. The first kappa shape index (κ1) is 9.17. The van der Waals surface area contributed by atoms with E-state index in [4.69, 9.17) is 4.74 Å². The molecule has 2 aliphatic heterocycles. The molecule has 0 radical (unpaired) electrons. The van der Waals surface area contributed by atoms with Crippen molar-refractivity contribution in [2.24, 2.45) is 11.3 Å². The summed E-state index contributed by atoms with van der Waals surface area (Å²) in [6.45, 7) is 3.31. The fourth-order valence-corrected chi connectivity index (χ4v) is 3.74. The Morgan fingerprint density at radius 1 is 1.00 bits per heavy atom. The highest BCUT2D eigenvalue weighted by molar-refractivity contribution is 5.03. The summed E-state index contributed by atoms with van der Waals surface area (Å²) in [6, 6.07) is 0.777. The fraction of sp³-hybridized carbons (Fsp3) is 1.00. The Hall–Kier alpha value is -0.0800. The summed E-state index contributed by atoms with van der Waals surface area (Å²) in [5, 5.41) is 3.70. The van der Waals surface area contributed by atoms with Crippen LogP contribution >= 0.6 is 0 Å². The molecule has 0 aromatic heterocycles. The van der Waals surface area contributed by atoms with Crippen LogP contribution in [0.15, 0.2) is 0 Å². The molecule has 2 heteroatoms. The molecule has 3 aliphatic rings. The Kier molecular flexibility index (Phi) is 2.29. The molecule has 1 atom stereocenters. The van der Waals surface area contributed by atoms with Crippen molar-refractivity contribution in [3.63, 3.8) is 0 Å². The molecule has 1 aliphatic carbocycles. The minimum atomic E-state index is 0.549. The monoisotopic (exact) mass is 195 g/mol. The van der Waals surface area contributed by atoms with Crippen LogP contribution in [-0.2, 0) is 4.74 Å². The van der Waals surface area contributed by atoms with Crippen molar-refractivity contribution < 1.29 is 4.74 Å². The van der Waals surface area contributed by atoms with Crippen molar-refractivity contribution in [2.45, 2.75) is 44.6 Å². The van der Waals surface area contributed by atoms with Crippen LogP contribution in [0.25, 0.3) is 0 Å². The van der Waals surface area contributed by atoms with Gasteiger partial charge in [0.2, 0.25) is 0 Å². The van der Waals surface area contributed by atoms with Crippen LogP contribution < -0.4 is 5.32 Å². The second kappa shape index (κ2) is 3.49. The van der Waals surface area contributed by atoms with Crippen LogP contribution in [-0.4, -0.2) is 25.8 Å². The number of hydrogen-bond acceptors (Lipinski definition) is 2. The van der Waals surface area contributed by atoms with Crippen LogP contribution in [0, 0.1) is 11.3 Å². The van der Waals surface area contributed by atoms with Gasteiger partial charge >= 0.3 is 0 Å². The van der Waals surface area contributed by atoms with Gasteiger partial charge in [-0.2, -0.15) is 0 Å². The van der Waals surface area contributed by atoms with E-state index in [2.05, 4.69) is 5.32 Å². The highest BCUT2D eigenvalue weighted by atomic mass is 16.5. The second-order valence-corrected chi connectivity index (χ2v) is 5.36. The Balaban J connectivity index is 1.75. The van der Waals surface area contributed by atoms with Crippen LogP contribution in [0.5, 0.6) is 0 Å². The molecule has 14 heavy (non-hydrogen) atoms. The van der Waals surface area contributed by atoms with Crippen molar-refractivity contribution in [2.75, 3.05) is 19.8 Å². The molecule has 80 valence electrons. The minimum absolute atomic E-state index is 0.549. The topological polar surface area (TPSA) is 21.3 Å². The first-order valence-corrected chi connectivity index (χ1v) is 6.23. The van der Waals surface area contributed by atoms with Gasteiger partial charge in [0.15, 0.2) is 0 Å². The van der Waals surface area contributed by atoms with Gasteiger partial charge in [0.25, 0.3) is 0 Å². The summed E-state index contributed by atoms with van der Waals surface area (Å²) in [4.78, 5) is 0. The summed E-state index contributed by atoms with van der Waals surface area (Å²) >= 11 is 0.